The molecule has 0 aromatic heterocycles. The van der Waals surface area contributed by atoms with Crippen molar-refractivity contribution in [2.45, 2.75) is 0 Å². The molecule has 0 aliphatic carbocycles. The van der Waals surface area contributed by atoms with Crippen molar-refractivity contribution in [1.82, 2.24) is 5.32 Å². The zero-order chi connectivity index (χ0) is 22.7. The number of benzene rings is 2. The number of hydrogen-bond acceptors (Lipinski definition) is 7. The average molecular weight is 442 g/mol. The standard InChI is InChI=1S/C21H18N2O7S/c1-28-15-9-6-12(16(29-2)17(15)30-3)10-14-18(24)22-21(31)23(19(14)25)13-7-4-11(5-8-13)20(26)27/h4-10H,1-3H3,(H,26,27)(H,22,24,31)/b14-10+. The van der Waals surface area contributed by atoms with Crippen molar-refractivity contribution in [2.24, 2.45) is 0 Å². The Morgan fingerprint density at radius 1 is 1.00 bits per heavy atom. The molecule has 3 rings (SSSR count). The molecule has 2 amide bonds. The van der Waals surface area contributed by atoms with Crippen molar-refractivity contribution in [3.63, 3.8) is 0 Å². The highest BCUT2D eigenvalue weighted by Gasteiger charge is 2.35. The molecule has 160 valence electrons. The minimum Gasteiger partial charge on any atom is -0.493 e. The number of carbonyl (C=O) groups excluding carboxylic acids is 2. The van der Waals surface area contributed by atoms with Crippen LogP contribution in [-0.2, 0) is 9.59 Å². The monoisotopic (exact) mass is 442 g/mol. The number of hydrogen-bond donors (Lipinski definition) is 2. The summed E-state index contributed by atoms with van der Waals surface area (Å²) in [6.07, 6.45) is 1.36. The summed E-state index contributed by atoms with van der Waals surface area (Å²) >= 11 is 5.15. The lowest BCUT2D eigenvalue weighted by molar-refractivity contribution is -0.122. The van der Waals surface area contributed by atoms with Crippen LogP contribution in [0.5, 0.6) is 17.2 Å². The highest BCUT2D eigenvalue weighted by atomic mass is 32.1. The van der Waals surface area contributed by atoms with E-state index < -0.39 is 17.8 Å². The van der Waals surface area contributed by atoms with Crippen LogP contribution in [0.2, 0.25) is 0 Å². The molecule has 0 unspecified atom stereocenters. The van der Waals surface area contributed by atoms with Crippen LogP contribution >= 0.6 is 12.2 Å². The van der Waals surface area contributed by atoms with E-state index in [0.29, 0.717) is 22.7 Å². The molecule has 1 aliphatic rings. The third kappa shape index (κ3) is 4.05. The highest BCUT2D eigenvalue weighted by molar-refractivity contribution is 7.80. The minimum absolute atomic E-state index is 0.0500. The number of nitrogens with one attached hydrogen (secondary N) is 1. The van der Waals surface area contributed by atoms with Crippen molar-refractivity contribution in [1.29, 1.82) is 0 Å². The molecule has 0 radical (unpaired) electrons. The normalized spacial score (nSPS) is 15.0. The number of ether oxygens (including phenoxy) is 3. The first-order chi connectivity index (χ1) is 14.8. The number of aromatic carboxylic acids is 1. The Morgan fingerprint density at radius 2 is 1.65 bits per heavy atom. The molecule has 2 N–H and O–H groups in total. The van der Waals surface area contributed by atoms with Gasteiger partial charge in [0.15, 0.2) is 16.6 Å². The Hall–Kier alpha value is -3.92. The zero-order valence-corrected chi connectivity index (χ0v) is 17.6. The second kappa shape index (κ2) is 8.84. The van der Waals surface area contributed by atoms with Gasteiger partial charge in [-0.15, -0.1) is 0 Å². The Kier molecular flexibility index (Phi) is 6.21. The van der Waals surface area contributed by atoms with E-state index in [1.165, 1.54) is 51.7 Å². The molecule has 0 saturated carbocycles. The summed E-state index contributed by atoms with van der Waals surface area (Å²) < 4.78 is 16.0. The van der Waals surface area contributed by atoms with Gasteiger partial charge in [-0.1, -0.05) is 0 Å². The maximum absolute atomic E-state index is 13.1. The lowest BCUT2D eigenvalue weighted by Gasteiger charge is -2.29. The summed E-state index contributed by atoms with van der Waals surface area (Å²) in [6, 6.07) is 8.77. The fourth-order valence-electron chi connectivity index (χ4n) is 3.04. The molecule has 31 heavy (non-hydrogen) atoms. The lowest BCUT2D eigenvalue weighted by atomic mass is 10.0. The van der Waals surface area contributed by atoms with E-state index >= 15 is 0 Å². The quantitative estimate of drug-likeness (QED) is 0.398. The fraction of sp³-hybridized carbons (Fsp3) is 0.143. The molecule has 10 heteroatoms. The Balaban J connectivity index is 2.06. The van der Waals surface area contributed by atoms with Crippen LogP contribution in [0.4, 0.5) is 5.69 Å². The van der Waals surface area contributed by atoms with Gasteiger partial charge in [0.1, 0.15) is 5.57 Å². The van der Waals surface area contributed by atoms with Crippen LogP contribution in [0, 0.1) is 0 Å². The first kappa shape index (κ1) is 21.8. The van der Waals surface area contributed by atoms with E-state index in [0.717, 1.165) is 4.90 Å². The van der Waals surface area contributed by atoms with Crippen LogP contribution in [0.15, 0.2) is 42.0 Å². The van der Waals surface area contributed by atoms with Gasteiger partial charge in [-0.05, 0) is 54.7 Å². The number of carboxylic acids is 1. The van der Waals surface area contributed by atoms with Crippen molar-refractivity contribution in [3.05, 3.63) is 53.1 Å². The summed E-state index contributed by atoms with van der Waals surface area (Å²) in [4.78, 5) is 37.9. The summed E-state index contributed by atoms with van der Waals surface area (Å²) in [5.74, 6) is -1.45. The number of nitrogens with zero attached hydrogens (tertiary/aromatic N) is 1. The number of amides is 2. The van der Waals surface area contributed by atoms with Gasteiger partial charge in [0.25, 0.3) is 11.8 Å². The first-order valence-electron chi connectivity index (χ1n) is 8.86. The third-order valence-corrected chi connectivity index (χ3v) is 4.79. The topological polar surface area (TPSA) is 114 Å². The van der Waals surface area contributed by atoms with Gasteiger partial charge in [-0.2, -0.15) is 0 Å². The van der Waals surface area contributed by atoms with Gasteiger partial charge in [-0.25, -0.2) is 4.79 Å². The number of methoxy groups -OCH3 is 3. The van der Waals surface area contributed by atoms with E-state index in [1.807, 2.05) is 0 Å². The van der Waals surface area contributed by atoms with Crippen molar-refractivity contribution in [3.8, 4) is 17.2 Å². The predicted molar refractivity (Wildman–Crippen MR) is 116 cm³/mol. The average Bonchev–Trinajstić information content (AvgIpc) is 2.76. The molecular weight excluding hydrogens is 424 g/mol. The van der Waals surface area contributed by atoms with Crippen LogP contribution in [0.25, 0.3) is 6.08 Å². The summed E-state index contributed by atoms with van der Waals surface area (Å²) in [7, 11) is 4.34. The third-order valence-electron chi connectivity index (χ3n) is 4.51. The molecular formula is C21H18N2O7S. The van der Waals surface area contributed by atoms with Gasteiger partial charge in [-0.3, -0.25) is 19.8 Å². The second-order valence-electron chi connectivity index (χ2n) is 6.23. The number of rotatable bonds is 6. The number of thiocarbonyl (C=S) groups is 1. The van der Waals surface area contributed by atoms with Crippen LogP contribution in [0.3, 0.4) is 0 Å². The highest BCUT2D eigenvalue weighted by Crippen LogP contribution is 2.40. The Labute approximate surface area is 182 Å². The number of carboxylic acid groups (broad SMARTS) is 1. The fourth-order valence-corrected chi connectivity index (χ4v) is 3.32. The molecule has 2 aromatic rings. The number of anilines is 1. The molecule has 1 aliphatic heterocycles. The van der Waals surface area contributed by atoms with E-state index in [-0.39, 0.29) is 22.0 Å². The Morgan fingerprint density at radius 3 is 2.19 bits per heavy atom. The van der Waals surface area contributed by atoms with Crippen molar-refractivity contribution in [2.75, 3.05) is 26.2 Å². The molecule has 0 spiro atoms. The molecule has 2 aromatic carbocycles. The summed E-state index contributed by atoms with van der Waals surface area (Å²) in [6.45, 7) is 0. The minimum atomic E-state index is -1.10. The van der Waals surface area contributed by atoms with Crippen LogP contribution in [0.1, 0.15) is 15.9 Å². The molecule has 1 heterocycles. The second-order valence-corrected chi connectivity index (χ2v) is 6.62. The smallest absolute Gasteiger partial charge is 0.335 e. The van der Waals surface area contributed by atoms with Gasteiger partial charge in [0, 0.05) is 5.56 Å². The maximum atomic E-state index is 13.1. The molecule has 1 fully saturated rings. The SMILES string of the molecule is COc1ccc(/C=C2\C(=O)NC(=S)N(c3ccc(C(=O)O)cc3)C2=O)c(OC)c1OC. The lowest BCUT2D eigenvalue weighted by Crippen LogP contribution is -2.54. The van der Waals surface area contributed by atoms with E-state index in [4.69, 9.17) is 31.5 Å². The molecule has 1 saturated heterocycles. The van der Waals surface area contributed by atoms with Crippen molar-refractivity contribution < 1.29 is 33.7 Å². The van der Waals surface area contributed by atoms with E-state index in [2.05, 4.69) is 5.32 Å². The summed E-state index contributed by atoms with van der Waals surface area (Å²) in [5, 5.41) is 11.4. The largest absolute Gasteiger partial charge is 0.493 e. The van der Waals surface area contributed by atoms with Gasteiger partial charge in [0.05, 0.1) is 32.6 Å². The zero-order valence-electron chi connectivity index (χ0n) is 16.8. The van der Waals surface area contributed by atoms with E-state index in [9.17, 15) is 14.4 Å². The molecule has 9 nitrogen and oxygen atoms in total. The van der Waals surface area contributed by atoms with Crippen LogP contribution in [-0.4, -0.2) is 49.3 Å². The van der Waals surface area contributed by atoms with Gasteiger partial charge < -0.3 is 19.3 Å². The van der Waals surface area contributed by atoms with Crippen molar-refractivity contribution >= 4 is 46.9 Å². The summed E-state index contributed by atoms with van der Waals surface area (Å²) in [5.41, 5.74) is 0.577. The Bertz CT molecular complexity index is 1110. The van der Waals surface area contributed by atoms with Crippen LogP contribution < -0.4 is 24.4 Å². The number of carbonyl (C=O) groups is 3. The molecule has 0 atom stereocenters. The first-order valence-corrected chi connectivity index (χ1v) is 9.27. The van der Waals surface area contributed by atoms with E-state index in [1.54, 1.807) is 12.1 Å². The maximum Gasteiger partial charge on any atom is 0.335 e. The van der Waals surface area contributed by atoms with Gasteiger partial charge in [0.2, 0.25) is 5.75 Å². The molecule has 0 bridgehead atoms. The van der Waals surface area contributed by atoms with Gasteiger partial charge >= 0.3 is 5.97 Å². The predicted octanol–water partition coefficient (Wildman–Crippen LogP) is 2.24.